The number of benzene rings is 3. The monoisotopic (exact) mass is 455 g/mol. The lowest BCUT2D eigenvalue weighted by Gasteiger charge is -2.19. The molecule has 1 saturated heterocycles. The van der Waals surface area contributed by atoms with Crippen LogP contribution in [0.5, 0.6) is 5.75 Å². The highest BCUT2D eigenvalue weighted by Crippen LogP contribution is 2.33. The van der Waals surface area contributed by atoms with Gasteiger partial charge in [-0.15, -0.1) is 0 Å². The maximum Gasteiger partial charge on any atom is 0.227 e. The van der Waals surface area contributed by atoms with E-state index >= 15 is 0 Å². The highest BCUT2D eigenvalue weighted by atomic mass is 16.5. The van der Waals surface area contributed by atoms with Gasteiger partial charge in [-0.3, -0.25) is 4.79 Å². The molecule has 0 bridgehead atoms. The Morgan fingerprint density at radius 1 is 1.03 bits per heavy atom. The SMILES string of the molecule is Cc1cccc(OC[C@H](O)Cn2c([C@H]3CC(=O)N(c4ccccc4)C3)nc3ccccc32)c1C. The van der Waals surface area contributed by atoms with E-state index in [9.17, 15) is 9.90 Å². The topological polar surface area (TPSA) is 67.6 Å². The van der Waals surface area contributed by atoms with E-state index in [0.29, 0.717) is 19.5 Å². The summed E-state index contributed by atoms with van der Waals surface area (Å²) in [7, 11) is 0. The molecule has 0 radical (unpaired) electrons. The van der Waals surface area contributed by atoms with Crippen molar-refractivity contribution in [1.29, 1.82) is 0 Å². The Kier molecular flexibility index (Phi) is 6.07. The van der Waals surface area contributed by atoms with Crippen LogP contribution in [0.15, 0.2) is 72.8 Å². The highest BCUT2D eigenvalue weighted by Gasteiger charge is 2.35. The molecule has 174 valence electrons. The minimum Gasteiger partial charge on any atom is -0.491 e. The average Bonchev–Trinajstić information content (AvgIpc) is 3.41. The van der Waals surface area contributed by atoms with E-state index in [1.54, 1.807) is 0 Å². The number of rotatable bonds is 7. The molecule has 1 fully saturated rings. The minimum atomic E-state index is -0.724. The number of para-hydroxylation sites is 3. The molecule has 1 amide bonds. The number of nitrogens with zero attached hydrogens (tertiary/aromatic N) is 3. The third-order valence-electron chi connectivity index (χ3n) is 6.62. The second-order valence-corrected chi connectivity index (χ2v) is 8.97. The van der Waals surface area contributed by atoms with Gasteiger partial charge in [0.2, 0.25) is 5.91 Å². The zero-order valence-electron chi connectivity index (χ0n) is 19.5. The van der Waals surface area contributed by atoms with Crippen LogP contribution < -0.4 is 9.64 Å². The number of aryl methyl sites for hydroxylation is 1. The van der Waals surface area contributed by atoms with Crippen LogP contribution in [0.2, 0.25) is 0 Å². The van der Waals surface area contributed by atoms with Crippen LogP contribution in [0.4, 0.5) is 5.69 Å². The normalized spacial score (nSPS) is 16.9. The number of carbonyl (C=O) groups excluding carboxylic acids is 1. The second-order valence-electron chi connectivity index (χ2n) is 8.97. The summed E-state index contributed by atoms with van der Waals surface area (Å²) in [6, 6.07) is 23.6. The first kappa shape index (κ1) is 22.2. The van der Waals surface area contributed by atoms with E-state index in [2.05, 4.69) is 4.57 Å². The number of carbonyl (C=O) groups is 1. The molecular weight excluding hydrogens is 426 g/mol. The van der Waals surface area contributed by atoms with E-state index in [0.717, 1.165) is 39.4 Å². The molecule has 1 aliphatic rings. The van der Waals surface area contributed by atoms with Gasteiger partial charge in [-0.05, 0) is 55.3 Å². The van der Waals surface area contributed by atoms with Crippen molar-refractivity contribution in [1.82, 2.24) is 9.55 Å². The van der Waals surface area contributed by atoms with Gasteiger partial charge in [0.05, 0.1) is 17.6 Å². The van der Waals surface area contributed by atoms with Gasteiger partial charge in [0, 0.05) is 24.6 Å². The first-order valence-corrected chi connectivity index (χ1v) is 11.7. The van der Waals surface area contributed by atoms with Gasteiger partial charge < -0.3 is 19.3 Å². The van der Waals surface area contributed by atoms with Crippen molar-refractivity contribution in [3.63, 3.8) is 0 Å². The zero-order chi connectivity index (χ0) is 23.7. The number of hydrogen-bond acceptors (Lipinski definition) is 4. The van der Waals surface area contributed by atoms with E-state index in [1.165, 1.54) is 0 Å². The lowest BCUT2D eigenvalue weighted by atomic mass is 10.1. The van der Waals surface area contributed by atoms with Crippen LogP contribution >= 0.6 is 0 Å². The number of fused-ring (bicyclic) bond motifs is 1. The summed E-state index contributed by atoms with van der Waals surface area (Å²) in [6.07, 6.45) is -0.327. The number of amides is 1. The number of aliphatic hydroxyl groups excluding tert-OH is 1. The molecule has 0 aliphatic carbocycles. The van der Waals surface area contributed by atoms with Gasteiger partial charge >= 0.3 is 0 Å². The van der Waals surface area contributed by atoms with Crippen LogP contribution in [0.1, 0.15) is 29.3 Å². The van der Waals surface area contributed by atoms with Crippen molar-refractivity contribution in [2.45, 2.75) is 38.8 Å². The molecule has 3 aromatic carbocycles. The Morgan fingerprint density at radius 2 is 1.79 bits per heavy atom. The fourth-order valence-corrected chi connectivity index (χ4v) is 4.67. The second kappa shape index (κ2) is 9.31. The summed E-state index contributed by atoms with van der Waals surface area (Å²) in [5.41, 5.74) is 4.96. The molecule has 6 nitrogen and oxygen atoms in total. The fraction of sp³-hybridized carbons (Fsp3) is 0.286. The average molecular weight is 456 g/mol. The van der Waals surface area contributed by atoms with Crippen LogP contribution in [0.3, 0.4) is 0 Å². The highest BCUT2D eigenvalue weighted by molar-refractivity contribution is 5.96. The molecule has 6 heteroatoms. The molecule has 4 aromatic rings. The molecule has 1 N–H and O–H groups in total. The number of imidazole rings is 1. The van der Waals surface area contributed by atoms with Gasteiger partial charge in [-0.1, -0.05) is 42.5 Å². The Hall–Kier alpha value is -3.64. The van der Waals surface area contributed by atoms with Crippen LogP contribution in [-0.4, -0.2) is 39.8 Å². The summed E-state index contributed by atoms with van der Waals surface area (Å²) in [4.78, 5) is 19.6. The maximum atomic E-state index is 12.8. The number of anilines is 1. The number of aliphatic hydroxyl groups is 1. The van der Waals surface area contributed by atoms with Gasteiger partial charge in [-0.25, -0.2) is 4.98 Å². The molecule has 1 aromatic heterocycles. The molecule has 2 atom stereocenters. The van der Waals surface area contributed by atoms with Gasteiger partial charge in [0.1, 0.15) is 24.3 Å². The predicted octanol–water partition coefficient (Wildman–Crippen LogP) is 4.61. The maximum absolute atomic E-state index is 12.8. The van der Waals surface area contributed by atoms with Crippen LogP contribution in [0, 0.1) is 13.8 Å². The summed E-state index contributed by atoms with van der Waals surface area (Å²) < 4.78 is 8.01. The largest absolute Gasteiger partial charge is 0.491 e. The fourth-order valence-electron chi connectivity index (χ4n) is 4.67. The standard InChI is InChI=1S/C28H29N3O3/c1-19-9-8-14-26(20(19)2)34-18-23(32)17-31-25-13-7-6-12-24(25)29-28(31)21-15-27(33)30(16-21)22-10-4-3-5-11-22/h3-14,21,23,32H,15-18H2,1-2H3/t21-,23+/m0/s1. The van der Waals surface area contributed by atoms with Crippen molar-refractivity contribution in [3.05, 3.63) is 89.7 Å². The smallest absolute Gasteiger partial charge is 0.227 e. The van der Waals surface area contributed by atoms with Crippen LogP contribution in [0.25, 0.3) is 11.0 Å². The van der Waals surface area contributed by atoms with Crippen molar-refractivity contribution >= 4 is 22.6 Å². The van der Waals surface area contributed by atoms with E-state index in [4.69, 9.17) is 9.72 Å². The molecule has 5 rings (SSSR count). The third-order valence-corrected chi connectivity index (χ3v) is 6.62. The van der Waals surface area contributed by atoms with E-state index < -0.39 is 6.10 Å². The lowest BCUT2D eigenvalue weighted by Crippen LogP contribution is -2.26. The zero-order valence-corrected chi connectivity index (χ0v) is 19.5. The van der Waals surface area contributed by atoms with Gasteiger partial charge in [0.15, 0.2) is 0 Å². The lowest BCUT2D eigenvalue weighted by molar-refractivity contribution is -0.117. The van der Waals surface area contributed by atoms with Gasteiger partial charge in [-0.2, -0.15) is 0 Å². The number of ether oxygens (including phenoxy) is 1. The van der Waals surface area contributed by atoms with Crippen molar-refractivity contribution in [2.75, 3.05) is 18.1 Å². The summed E-state index contributed by atoms with van der Waals surface area (Å²) in [5.74, 6) is 1.66. The van der Waals surface area contributed by atoms with Crippen molar-refractivity contribution in [2.24, 2.45) is 0 Å². The summed E-state index contributed by atoms with van der Waals surface area (Å²) >= 11 is 0. The number of aromatic nitrogens is 2. The number of hydrogen-bond donors (Lipinski definition) is 1. The quantitative estimate of drug-likeness (QED) is 0.442. The van der Waals surface area contributed by atoms with E-state index in [1.807, 2.05) is 91.5 Å². The Balaban J connectivity index is 1.38. The third kappa shape index (κ3) is 4.29. The van der Waals surface area contributed by atoms with Gasteiger partial charge in [0.25, 0.3) is 0 Å². The Bertz CT molecular complexity index is 1320. The first-order chi connectivity index (χ1) is 16.5. The summed E-state index contributed by atoms with van der Waals surface area (Å²) in [6.45, 7) is 5.16. The first-order valence-electron chi connectivity index (χ1n) is 11.7. The van der Waals surface area contributed by atoms with Crippen molar-refractivity contribution in [3.8, 4) is 5.75 Å². The molecule has 0 spiro atoms. The molecular formula is C28H29N3O3. The molecule has 0 unspecified atom stereocenters. The van der Waals surface area contributed by atoms with Crippen molar-refractivity contribution < 1.29 is 14.6 Å². The Morgan fingerprint density at radius 3 is 2.62 bits per heavy atom. The predicted molar refractivity (Wildman–Crippen MR) is 133 cm³/mol. The van der Waals surface area contributed by atoms with E-state index in [-0.39, 0.29) is 18.4 Å². The minimum absolute atomic E-state index is 0.0489. The summed E-state index contributed by atoms with van der Waals surface area (Å²) in [5, 5.41) is 10.9. The molecule has 2 heterocycles. The Labute approximate surface area is 199 Å². The van der Waals surface area contributed by atoms with Crippen LogP contribution in [-0.2, 0) is 11.3 Å². The molecule has 34 heavy (non-hydrogen) atoms. The molecule has 0 saturated carbocycles. The molecule has 1 aliphatic heterocycles.